The van der Waals surface area contributed by atoms with Crippen molar-refractivity contribution >= 4 is 30.7 Å². The summed E-state index contributed by atoms with van der Waals surface area (Å²) in [7, 11) is 0. The Hall–Kier alpha value is -0.890. The van der Waals surface area contributed by atoms with E-state index in [1.165, 1.54) is 0 Å². The third kappa shape index (κ3) is 5.81. The van der Waals surface area contributed by atoms with Crippen molar-refractivity contribution in [3.63, 3.8) is 0 Å². The van der Waals surface area contributed by atoms with Gasteiger partial charge in [0, 0.05) is 12.5 Å². The molecule has 162 valence electrons. The lowest BCUT2D eigenvalue weighted by Gasteiger charge is -2.28. The van der Waals surface area contributed by atoms with Crippen LogP contribution in [0.4, 0.5) is 0 Å². The van der Waals surface area contributed by atoms with Gasteiger partial charge in [0.1, 0.15) is 5.54 Å². The van der Waals surface area contributed by atoms with Crippen molar-refractivity contribution in [2.75, 3.05) is 13.1 Å². The third-order valence-corrected chi connectivity index (χ3v) is 6.15. The Balaban J connectivity index is 0.00000196. The van der Waals surface area contributed by atoms with E-state index in [9.17, 15) is 4.79 Å². The minimum absolute atomic E-state index is 0. The van der Waals surface area contributed by atoms with Crippen LogP contribution in [0.25, 0.3) is 0 Å². The molecule has 2 aliphatic rings. The van der Waals surface area contributed by atoms with Gasteiger partial charge in [-0.15, -0.1) is 24.8 Å². The molecular weight excluding hydrogens is 401 g/mol. The second-order valence-electron chi connectivity index (χ2n) is 7.87. The largest absolute Gasteiger partial charge is 0.343 e. The molecule has 2 aliphatic carbocycles. The van der Waals surface area contributed by atoms with Crippen molar-refractivity contribution < 1.29 is 9.32 Å². The zero-order valence-corrected chi connectivity index (χ0v) is 18.6. The van der Waals surface area contributed by atoms with Gasteiger partial charge >= 0.3 is 0 Å². The molecule has 2 saturated carbocycles. The van der Waals surface area contributed by atoms with Crippen LogP contribution in [0, 0.1) is 5.92 Å². The Kier molecular flexibility index (Phi) is 10.2. The molecule has 0 unspecified atom stereocenters. The standard InChI is InChI=1S/C19H33N5O2.2ClH/c1-3-24(4-2)13-17-21-18(23-26-17)19(10-5-6-11-19)22-16(25)12-14-8-7-9-15(14)20;;/h14-15H,3-13,20H2,1-2H3,(H,22,25);2*1H/t14-,15+;;/m0../s1. The van der Waals surface area contributed by atoms with Gasteiger partial charge in [-0.05, 0) is 44.7 Å². The molecule has 1 aromatic heterocycles. The van der Waals surface area contributed by atoms with Gasteiger partial charge in [-0.3, -0.25) is 9.69 Å². The molecule has 9 heteroatoms. The Morgan fingerprint density at radius 3 is 2.46 bits per heavy atom. The van der Waals surface area contributed by atoms with Crippen LogP contribution in [0.5, 0.6) is 0 Å². The predicted octanol–water partition coefficient (Wildman–Crippen LogP) is 3.16. The van der Waals surface area contributed by atoms with E-state index >= 15 is 0 Å². The fourth-order valence-electron chi connectivity index (χ4n) is 4.41. The van der Waals surface area contributed by atoms with E-state index in [2.05, 4.69) is 34.2 Å². The topological polar surface area (TPSA) is 97.3 Å². The summed E-state index contributed by atoms with van der Waals surface area (Å²) >= 11 is 0. The van der Waals surface area contributed by atoms with Crippen LogP contribution in [0.2, 0.25) is 0 Å². The van der Waals surface area contributed by atoms with E-state index < -0.39 is 5.54 Å². The molecule has 2 atom stereocenters. The normalized spacial score (nSPS) is 23.3. The Morgan fingerprint density at radius 2 is 1.89 bits per heavy atom. The van der Waals surface area contributed by atoms with Crippen molar-refractivity contribution in [3.05, 3.63) is 11.7 Å². The van der Waals surface area contributed by atoms with Crippen molar-refractivity contribution in [1.82, 2.24) is 20.4 Å². The van der Waals surface area contributed by atoms with Crippen molar-refractivity contribution in [2.24, 2.45) is 11.7 Å². The first-order chi connectivity index (χ1) is 12.6. The molecule has 1 heterocycles. The lowest BCUT2D eigenvalue weighted by atomic mass is 9.94. The minimum Gasteiger partial charge on any atom is -0.343 e. The van der Waals surface area contributed by atoms with E-state index in [4.69, 9.17) is 10.3 Å². The van der Waals surface area contributed by atoms with Gasteiger partial charge < -0.3 is 15.6 Å². The predicted molar refractivity (Wildman–Crippen MR) is 114 cm³/mol. The van der Waals surface area contributed by atoms with Crippen LogP contribution in [0.15, 0.2) is 4.52 Å². The lowest BCUT2D eigenvalue weighted by molar-refractivity contribution is -0.124. The molecule has 0 aromatic carbocycles. The summed E-state index contributed by atoms with van der Waals surface area (Å²) in [5, 5.41) is 7.50. The van der Waals surface area contributed by atoms with Gasteiger partial charge in [-0.2, -0.15) is 4.98 Å². The van der Waals surface area contributed by atoms with Crippen LogP contribution < -0.4 is 11.1 Å². The zero-order valence-electron chi connectivity index (χ0n) is 17.0. The highest BCUT2D eigenvalue weighted by Gasteiger charge is 2.42. The summed E-state index contributed by atoms with van der Waals surface area (Å²) in [6.45, 7) is 6.77. The number of carbonyl (C=O) groups excluding carboxylic acids is 1. The highest BCUT2D eigenvalue weighted by atomic mass is 35.5. The number of nitrogens with two attached hydrogens (primary N) is 1. The van der Waals surface area contributed by atoms with E-state index in [-0.39, 0.29) is 36.8 Å². The van der Waals surface area contributed by atoms with Crippen LogP contribution in [0.1, 0.15) is 76.9 Å². The van der Waals surface area contributed by atoms with Crippen LogP contribution in [-0.4, -0.2) is 40.1 Å². The van der Waals surface area contributed by atoms with Crippen molar-refractivity contribution in [1.29, 1.82) is 0 Å². The first-order valence-corrected chi connectivity index (χ1v) is 10.2. The summed E-state index contributed by atoms with van der Waals surface area (Å²) in [6.07, 6.45) is 7.61. The summed E-state index contributed by atoms with van der Waals surface area (Å²) in [4.78, 5) is 19.6. The highest BCUT2D eigenvalue weighted by Crippen LogP contribution is 2.38. The van der Waals surface area contributed by atoms with Crippen LogP contribution >= 0.6 is 24.8 Å². The monoisotopic (exact) mass is 435 g/mol. The zero-order chi connectivity index (χ0) is 18.6. The Labute approximate surface area is 180 Å². The Bertz CT molecular complexity index is 603. The maximum absolute atomic E-state index is 12.7. The molecule has 0 spiro atoms. The lowest BCUT2D eigenvalue weighted by Crippen LogP contribution is -2.45. The van der Waals surface area contributed by atoms with Crippen LogP contribution in [-0.2, 0) is 16.9 Å². The van der Waals surface area contributed by atoms with Gasteiger partial charge in [-0.25, -0.2) is 0 Å². The number of amides is 1. The molecule has 0 radical (unpaired) electrons. The van der Waals surface area contributed by atoms with Crippen LogP contribution in [0.3, 0.4) is 0 Å². The number of aromatic nitrogens is 2. The quantitative estimate of drug-likeness (QED) is 0.650. The number of halogens is 2. The van der Waals surface area contributed by atoms with Gasteiger partial charge in [0.2, 0.25) is 11.8 Å². The summed E-state index contributed by atoms with van der Waals surface area (Å²) in [5.41, 5.74) is 5.66. The molecule has 0 aliphatic heterocycles. The fourth-order valence-corrected chi connectivity index (χ4v) is 4.41. The summed E-state index contributed by atoms with van der Waals surface area (Å²) in [5.74, 6) is 1.64. The molecule has 0 bridgehead atoms. The van der Waals surface area contributed by atoms with Gasteiger partial charge in [0.05, 0.1) is 6.54 Å². The average molecular weight is 436 g/mol. The molecule has 28 heavy (non-hydrogen) atoms. The molecule has 7 nitrogen and oxygen atoms in total. The number of carbonyl (C=O) groups is 1. The van der Waals surface area contributed by atoms with E-state index in [1.54, 1.807) is 0 Å². The van der Waals surface area contributed by atoms with Gasteiger partial charge in [0.15, 0.2) is 5.82 Å². The summed E-state index contributed by atoms with van der Waals surface area (Å²) in [6, 6.07) is 0.158. The maximum Gasteiger partial charge on any atom is 0.240 e. The highest BCUT2D eigenvalue weighted by molar-refractivity contribution is 5.85. The maximum atomic E-state index is 12.7. The van der Waals surface area contributed by atoms with Crippen molar-refractivity contribution in [2.45, 2.75) is 83.3 Å². The fraction of sp³-hybridized carbons (Fsp3) is 0.842. The SMILES string of the molecule is CCN(CC)Cc1nc(C2(NC(=O)C[C@@H]3CCC[C@H]3N)CCCC2)no1.Cl.Cl. The number of hydrogen-bond acceptors (Lipinski definition) is 6. The number of nitrogens with zero attached hydrogens (tertiary/aromatic N) is 3. The van der Waals surface area contributed by atoms with E-state index in [1.807, 2.05) is 0 Å². The molecule has 1 amide bonds. The molecule has 3 N–H and O–H groups in total. The second-order valence-corrected chi connectivity index (χ2v) is 7.87. The van der Waals surface area contributed by atoms with E-state index in [0.29, 0.717) is 30.6 Å². The Morgan fingerprint density at radius 1 is 1.21 bits per heavy atom. The number of nitrogens with one attached hydrogen (secondary N) is 1. The molecule has 3 rings (SSSR count). The third-order valence-electron chi connectivity index (χ3n) is 6.15. The molecule has 2 fully saturated rings. The molecule has 1 aromatic rings. The second kappa shape index (κ2) is 11.3. The van der Waals surface area contributed by atoms with Crippen molar-refractivity contribution in [3.8, 4) is 0 Å². The average Bonchev–Trinajstić information content (AvgIpc) is 3.36. The first kappa shape index (κ1) is 25.1. The van der Waals surface area contributed by atoms with Gasteiger partial charge in [0.25, 0.3) is 0 Å². The number of rotatable bonds is 8. The smallest absolute Gasteiger partial charge is 0.240 e. The number of hydrogen-bond donors (Lipinski definition) is 2. The first-order valence-electron chi connectivity index (χ1n) is 10.2. The molecule has 0 saturated heterocycles. The molecular formula is C19H35Cl2N5O2. The minimum atomic E-state index is -0.467. The van der Waals surface area contributed by atoms with E-state index in [0.717, 1.165) is 58.0 Å². The van der Waals surface area contributed by atoms with Gasteiger partial charge in [-0.1, -0.05) is 38.3 Å². The summed E-state index contributed by atoms with van der Waals surface area (Å²) < 4.78 is 5.49.